The van der Waals surface area contributed by atoms with E-state index in [-0.39, 0.29) is 5.56 Å². The van der Waals surface area contributed by atoms with Gasteiger partial charge in [0.25, 0.3) is 5.56 Å². The number of aromatic nitrogens is 2. The minimum atomic E-state index is -0.0215. The normalized spacial score (nSPS) is 11.2. The second-order valence-corrected chi connectivity index (χ2v) is 6.75. The Bertz CT molecular complexity index is 1100. The topological polar surface area (TPSA) is 34.9 Å². The molecular weight excluding hydrogens is 316 g/mol. The standard InChI is InChI=1S/C20H16N2OS/c1-2-24-20-21-18-10-6-5-9-17(18)19(23)22(20)16-12-11-14-7-3-4-8-15(14)13-16/h3-13H,2H2,1H3. The van der Waals surface area contributed by atoms with Gasteiger partial charge in [0.1, 0.15) is 0 Å². The fourth-order valence-corrected chi connectivity index (χ4v) is 3.62. The van der Waals surface area contributed by atoms with Crippen LogP contribution < -0.4 is 5.56 Å². The van der Waals surface area contributed by atoms with Crippen LogP contribution in [0.2, 0.25) is 0 Å². The van der Waals surface area contributed by atoms with Gasteiger partial charge < -0.3 is 0 Å². The smallest absolute Gasteiger partial charge is 0.266 e. The Labute approximate surface area is 144 Å². The fraction of sp³-hybridized carbons (Fsp3) is 0.100. The van der Waals surface area contributed by atoms with Crippen molar-refractivity contribution in [3.05, 3.63) is 77.1 Å². The summed E-state index contributed by atoms with van der Waals surface area (Å²) in [6.07, 6.45) is 0. The van der Waals surface area contributed by atoms with E-state index in [1.165, 1.54) is 0 Å². The van der Waals surface area contributed by atoms with Gasteiger partial charge in [-0.05, 0) is 40.8 Å². The molecule has 1 aromatic heterocycles. The predicted octanol–water partition coefficient (Wildman–Crippen LogP) is 4.65. The summed E-state index contributed by atoms with van der Waals surface area (Å²) >= 11 is 1.58. The van der Waals surface area contributed by atoms with Crippen LogP contribution in [-0.2, 0) is 0 Å². The highest BCUT2D eigenvalue weighted by atomic mass is 32.2. The van der Waals surface area contributed by atoms with Crippen molar-refractivity contribution >= 4 is 33.4 Å². The number of thioether (sulfide) groups is 1. The molecule has 0 aliphatic heterocycles. The zero-order chi connectivity index (χ0) is 16.5. The van der Waals surface area contributed by atoms with Crippen molar-refractivity contribution in [2.45, 2.75) is 12.1 Å². The molecule has 3 nitrogen and oxygen atoms in total. The lowest BCUT2D eigenvalue weighted by atomic mass is 10.1. The lowest BCUT2D eigenvalue weighted by Gasteiger charge is -2.13. The van der Waals surface area contributed by atoms with Crippen LogP contribution in [0.1, 0.15) is 6.92 Å². The fourth-order valence-electron chi connectivity index (χ4n) is 2.88. The molecule has 0 fully saturated rings. The third kappa shape index (κ3) is 2.49. The van der Waals surface area contributed by atoms with Crippen molar-refractivity contribution in [2.24, 2.45) is 0 Å². The van der Waals surface area contributed by atoms with Crippen molar-refractivity contribution in [1.82, 2.24) is 9.55 Å². The molecule has 3 aromatic carbocycles. The Morgan fingerprint density at radius 1 is 0.958 bits per heavy atom. The first-order chi connectivity index (χ1) is 11.8. The van der Waals surface area contributed by atoms with E-state index < -0.39 is 0 Å². The third-order valence-corrected chi connectivity index (χ3v) is 4.83. The van der Waals surface area contributed by atoms with Crippen molar-refractivity contribution in [3.63, 3.8) is 0 Å². The molecule has 0 saturated carbocycles. The molecule has 0 radical (unpaired) electrons. The predicted molar refractivity (Wildman–Crippen MR) is 101 cm³/mol. The van der Waals surface area contributed by atoms with Crippen molar-refractivity contribution < 1.29 is 0 Å². The van der Waals surface area contributed by atoms with Crippen LogP contribution in [0, 0.1) is 0 Å². The number of hydrogen-bond donors (Lipinski definition) is 0. The molecule has 4 rings (SSSR count). The number of nitrogens with zero attached hydrogens (tertiary/aromatic N) is 2. The Balaban J connectivity index is 2.04. The molecule has 0 saturated heterocycles. The van der Waals surface area contributed by atoms with Crippen LogP contribution in [-0.4, -0.2) is 15.3 Å². The maximum Gasteiger partial charge on any atom is 0.266 e. The van der Waals surface area contributed by atoms with Gasteiger partial charge in [-0.3, -0.25) is 9.36 Å². The first-order valence-corrected chi connectivity index (χ1v) is 8.90. The van der Waals surface area contributed by atoms with Gasteiger partial charge in [0.2, 0.25) is 0 Å². The summed E-state index contributed by atoms with van der Waals surface area (Å²) in [5.74, 6) is 0.859. The molecule has 0 aliphatic rings. The van der Waals surface area contributed by atoms with Gasteiger partial charge in [-0.25, -0.2) is 4.98 Å². The van der Waals surface area contributed by atoms with Crippen LogP contribution in [0.5, 0.6) is 0 Å². The van der Waals surface area contributed by atoms with Gasteiger partial charge >= 0.3 is 0 Å². The number of benzene rings is 3. The summed E-state index contributed by atoms with van der Waals surface area (Å²) in [5, 5.41) is 3.65. The average Bonchev–Trinajstić information content (AvgIpc) is 2.62. The lowest BCUT2D eigenvalue weighted by molar-refractivity contribution is 0.821. The molecule has 0 unspecified atom stereocenters. The molecule has 1 heterocycles. The highest BCUT2D eigenvalue weighted by molar-refractivity contribution is 7.99. The third-order valence-electron chi connectivity index (χ3n) is 4.01. The van der Waals surface area contributed by atoms with Gasteiger partial charge in [-0.15, -0.1) is 0 Å². The molecular formula is C20H16N2OS. The number of para-hydroxylation sites is 1. The molecule has 0 spiro atoms. The Kier molecular flexibility index (Phi) is 3.82. The largest absolute Gasteiger partial charge is 0.268 e. The van der Waals surface area contributed by atoms with E-state index in [9.17, 15) is 4.79 Å². The molecule has 0 atom stereocenters. The zero-order valence-electron chi connectivity index (χ0n) is 13.3. The SMILES string of the molecule is CCSc1nc2ccccc2c(=O)n1-c1ccc2ccccc2c1. The second-order valence-electron chi connectivity index (χ2n) is 5.52. The van der Waals surface area contributed by atoms with Gasteiger partial charge in [0.15, 0.2) is 5.16 Å². The first-order valence-electron chi connectivity index (χ1n) is 7.91. The molecule has 4 aromatic rings. The first kappa shape index (κ1) is 15.0. The van der Waals surface area contributed by atoms with E-state index in [4.69, 9.17) is 4.98 Å². The number of hydrogen-bond acceptors (Lipinski definition) is 3. The van der Waals surface area contributed by atoms with Gasteiger partial charge in [0.05, 0.1) is 16.6 Å². The molecule has 0 bridgehead atoms. The van der Waals surface area contributed by atoms with Gasteiger partial charge in [0, 0.05) is 0 Å². The molecule has 0 N–H and O–H groups in total. The Hall–Kier alpha value is -2.59. The van der Waals surface area contributed by atoms with E-state index in [2.05, 4.69) is 19.1 Å². The van der Waals surface area contributed by atoms with Gasteiger partial charge in [-0.1, -0.05) is 61.2 Å². The molecule has 24 heavy (non-hydrogen) atoms. The van der Waals surface area contributed by atoms with E-state index in [0.29, 0.717) is 5.39 Å². The van der Waals surface area contributed by atoms with E-state index in [1.54, 1.807) is 16.3 Å². The average molecular weight is 332 g/mol. The maximum atomic E-state index is 13.1. The Morgan fingerprint density at radius 2 is 1.71 bits per heavy atom. The van der Waals surface area contributed by atoms with E-state index in [0.717, 1.165) is 32.9 Å². The second kappa shape index (κ2) is 6.13. The molecule has 0 amide bonds. The van der Waals surface area contributed by atoms with E-state index in [1.807, 2.05) is 54.6 Å². The highest BCUT2D eigenvalue weighted by Crippen LogP contribution is 2.23. The van der Waals surface area contributed by atoms with Crippen molar-refractivity contribution in [2.75, 3.05) is 5.75 Å². The minimum absolute atomic E-state index is 0.0215. The highest BCUT2D eigenvalue weighted by Gasteiger charge is 2.12. The summed E-state index contributed by atoms with van der Waals surface area (Å²) in [5.41, 5.74) is 1.58. The number of rotatable bonds is 3. The summed E-state index contributed by atoms with van der Waals surface area (Å²) in [6.45, 7) is 2.07. The zero-order valence-corrected chi connectivity index (χ0v) is 14.1. The van der Waals surface area contributed by atoms with Crippen molar-refractivity contribution in [3.8, 4) is 5.69 Å². The van der Waals surface area contributed by atoms with Crippen molar-refractivity contribution in [1.29, 1.82) is 0 Å². The van der Waals surface area contributed by atoms with Gasteiger partial charge in [-0.2, -0.15) is 0 Å². The molecule has 4 heteroatoms. The monoisotopic (exact) mass is 332 g/mol. The van der Waals surface area contributed by atoms with Crippen LogP contribution in [0.3, 0.4) is 0 Å². The number of fused-ring (bicyclic) bond motifs is 2. The summed E-state index contributed by atoms with van der Waals surface area (Å²) < 4.78 is 1.73. The quantitative estimate of drug-likeness (QED) is 0.404. The summed E-state index contributed by atoms with van der Waals surface area (Å²) in [7, 11) is 0. The van der Waals surface area contributed by atoms with Crippen LogP contribution in [0.15, 0.2) is 76.7 Å². The van der Waals surface area contributed by atoms with E-state index >= 15 is 0 Å². The summed E-state index contributed by atoms with van der Waals surface area (Å²) in [4.78, 5) is 17.8. The summed E-state index contributed by atoms with van der Waals surface area (Å²) in [6, 6.07) is 21.8. The van der Waals surface area contributed by atoms with Crippen LogP contribution in [0.25, 0.3) is 27.4 Å². The Morgan fingerprint density at radius 3 is 2.54 bits per heavy atom. The van der Waals surface area contributed by atoms with Crippen LogP contribution >= 0.6 is 11.8 Å². The molecule has 118 valence electrons. The lowest BCUT2D eigenvalue weighted by Crippen LogP contribution is -2.21. The minimum Gasteiger partial charge on any atom is -0.268 e. The van der Waals surface area contributed by atoms with Crippen LogP contribution in [0.4, 0.5) is 0 Å². The molecule has 0 aliphatic carbocycles. The maximum absolute atomic E-state index is 13.1.